The van der Waals surface area contributed by atoms with Gasteiger partial charge in [0.1, 0.15) is 0 Å². The third-order valence-corrected chi connectivity index (χ3v) is 2.91. The van der Waals surface area contributed by atoms with E-state index in [-0.39, 0.29) is 5.69 Å². The molecule has 0 N–H and O–H groups in total. The Bertz CT molecular complexity index is 591. The maximum Gasteiger partial charge on any atom is 0.418 e. The second kappa shape index (κ2) is 5.57. The van der Waals surface area contributed by atoms with Crippen molar-refractivity contribution in [2.45, 2.75) is 6.18 Å². The maximum atomic E-state index is 12.9. The predicted octanol–water partition coefficient (Wildman–Crippen LogP) is 5.22. The summed E-state index contributed by atoms with van der Waals surface area (Å²) in [5.74, 6) is 0. The van der Waals surface area contributed by atoms with E-state index in [1.807, 2.05) is 6.07 Å². The van der Waals surface area contributed by atoms with Crippen LogP contribution in [0.15, 0.2) is 58.0 Å². The Kier molecular flexibility index (Phi) is 4.04. The van der Waals surface area contributed by atoms with Gasteiger partial charge in [-0.3, -0.25) is 4.99 Å². The number of hydrogen-bond donors (Lipinski definition) is 0. The van der Waals surface area contributed by atoms with Crippen LogP contribution in [0.1, 0.15) is 11.1 Å². The van der Waals surface area contributed by atoms with Crippen LogP contribution < -0.4 is 0 Å². The fourth-order valence-electron chi connectivity index (χ4n) is 1.53. The average molecular weight is 328 g/mol. The molecule has 0 saturated carbocycles. The Morgan fingerprint density at radius 1 is 1.00 bits per heavy atom. The molecule has 2 aromatic carbocycles. The van der Waals surface area contributed by atoms with Gasteiger partial charge in [-0.05, 0) is 23.8 Å². The molecule has 0 aliphatic carbocycles. The van der Waals surface area contributed by atoms with Crippen LogP contribution in [0.25, 0.3) is 0 Å². The van der Waals surface area contributed by atoms with E-state index in [1.54, 1.807) is 24.3 Å². The summed E-state index contributed by atoms with van der Waals surface area (Å²) < 4.78 is 39.0. The van der Waals surface area contributed by atoms with Crippen molar-refractivity contribution in [3.05, 3.63) is 64.1 Å². The molecule has 0 aliphatic heterocycles. The zero-order valence-corrected chi connectivity index (χ0v) is 11.2. The van der Waals surface area contributed by atoms with Gasteiger partial charge in [-0.2, -0.15) is 13.2 Å². The van der Waals surface area contributed by atoms with Crippen molar-refractivity contribution in [1.82, 2.24) is 0 Å². The SMILES string of the molecule is FC(F)(F)c1cc(Br)ccc1N=Cc1ccccc1. The molecule has 5 heteroatoms. The minimum Gasteiger partial charge on any atom is -0.256 e. The van der Waals surface area contributed by atoms with E-state index >= 15 is 0 Å². The minimum atomic E-state index is -4.42. The van der Waals surface area contributed by atoms with E-state index in [2.05, 4.69) is 20.9 Å². The Hall–Kier alpha value is -1.62. The van der Waals surface area contributed by atoms with Gasteiger partial charge in [0.2, 0.25) is 0 Å². The standard InChI is InChI=1S/C14H9BrF3N/c15-11-6-7-13(12(8-11)14(16,17)18)19-9-10-4-2-1-3-5-10/h1-9H. The topological polar surface area (TPSA) is 12.4 Å². The van der Waals surface area contributed by atoms with Crippen LogP contribution in [0.2, 0.25) is 0 Å². The summed E-state index contributed by atoms with van der Waals surface area (Å²) in [5.41, 5.74) is -0.104. The highest BCUT2D eigenvalue weighted by molar-refractivity contribution is 9.10. The quantitative estimate of drug-likeness (QED) is 0.671. The van der Waals surface area contributed by atoms with Gasteiger partial charge in [-0.1, -0.05) is 46.3 Å². The molecule has 98 valence electrons. The van der Waals surface area contributed by atoms with Crippen LogP contribution in [0, 0.1) is 0 Å². The average Bonchev–Trinajstić information content (AvgIpc) is 2.37. The lowest BCUT2D eigenvalue weighted by Gasteiger charge is -2.10. The van der Waals surface area contributed by atoms with Gasteiger partial charge in [0.25, 0.3) is 0 Å². The molecule has 0 aliphatic rings. The number of benzene rings is 2. The van der Waals surface area contributed by atoms with E-state index < -0.39 is 11.7 Å². The smallest absolute Gasteiger partial charge is 0.256 e. The van der Waals surface area contributed by atoms with Gasteiger partial charge in [0.05, 0.1) is 11.3 Å². The molecule has 0 unspecified atom stereocenters. The third-order valence-electron chi connectivity index (χ3n) is 2.42. The number of halogens is 4. The van der Waals surface area contributed by atoms with E-state index in [0.29, 0.717) is 4.47 Å². The summed E-state index contributed by atoms with van der Waals surface area (Å²) in [6, 6.07) is 12.9. The first-order chi connectivity index (χ1) is 8.97. The first-order valence-electron chi connectivity index (χ1n) is 5.43. The summed E-state index contributed by atoms with van der Waals surface area (Å²) >= 11 is 3.03. The molecule has 2 aromatic rings. The molecular weight excluding hydrogens is 319 g/mol. The summed E-state index contributed by atoms with van der Waals surface area (Å²) in [7, 11) is 0. The molecule has 0 radical (unpaired) electrons. The number of rotatable bonds is 2. The van der Waals surface area contributed by atoms with Gasteiger partial charge in [0, 0.05) is 10.7 Å². The van der Waals surface area contributed by atoms with Crippen molar-refractivity contribution in [1.29, 1.82) is 0 Å². The fraction of sp³-hybridized carbons (Fsp3) is 0.0714. The van der Waals surface area contributed by atoms with Gasteiger partial charge >= 0.3 is 6.18 Å². The number of alkyl halides is 3. The Morgan fingerprint density at radius 3 is 2.32 bits per heavy atom. The van der Waals surface area contributed by atoms with Crippen molar-refractivity contribution in [3.63, 3.8) is 0 Å². The molecule has 0 aromatic heterocycles. The first-order valence-corrected chi connectivity index (χ1v) is 6.22. The predicted molar refractivity (Wildman–Crippen MR) is 72.8 cm³/mol. The number of nitrogens with zero attached hydrogens (tertiary/aromatic N) is 1. The minimum absolute atomic E-state index is 0.0976. The van der Waals surface area contributed by atoms with Crippen molar-refractivity contribution in [3.8, 4) is 0 Å². The highest BCUT2D eigenvalue weighted by Crippen LogP contribution is 2.37. The van der Waals surface area contributed by atoms with Crippen LogP contribution in [-0.4, -0.2) is 6.21 Å². The summed E-state index contributed by atoms with van der Waals surface area (Å²) in [6.07, 6.45) is -3.01. The van der Waals surface area contributed by atoms with Crippen LogP contribution >= 0.6 is 15.9 Å². The maximum absolute atomic E-state index is 12.9. The molecule has 0 atom stereocenters. The molecule has 0 heterocycles. The Labute approximate surface area is 116 Å². The van der Waals surface area contributed by atoms with E-state index in [1.165, 1.54) is 18.3 Å². The molecule has 0 saturated heterocycles. The monoisotopic (exact) mass is 327 g/mol. The van der Waals surface area contributed by atoms with Gasteiger partial charge < -0.3 is 0 Å². The summed E-state index contributed by atoms with van der Waals surface area (Å²) in [5, 5.41) is 0. The van der Waals surface area contributed by atoms with Crippen LogP contribution in [0.3, 0.4) is 0 Å². The van der Waals surface area contributed by atoms with Gasteiger partial charge in [0.15, 0.2) is 0 Å². The van der Waals surface area contributed by atoms with E-state index in [9.17, 15) is 13.2 Å². The van der Waals surface area contributed by atoms with Crippen molar-refractivity contribution >= 4 is 27.8 Å². The zero-order chi connectivity index (χ0) is 13.9. The lowest BCUT2D eigenvalue weighted by Crippen LogP contribution is -2.05. The van der Waals surface area contributed by atoms with Crippen LogP contribution in [0.5, 0.6) is 0 Å². The highest BCUT2D eigenvalue weighted by Gasteiger charge is 2.33. The zero-order valence-electron chi connectivity index (χ0n) is 9.66. The largest absolute Gasteiger partial charge is 0.418 e. The van der Waals surface area contributed by atoms with Crippen LogP contribution in [-0.2, 0) is 6.18 Å². The van der Waals surface area contributed by atoms with Crippen LogP contribution in [0.4, 0.5) is 18.9 Å². The molecule has 0 fully saturated rings. The third kappa shape index (κ3) is 3.67. The molecular formula is C14H9BrF3N. The van der Waals surface area contributed by atoms with Crippen molar-refractivity contribution < 1.29 is 13.2 Å². The molecule has 19 heavy (non-hydrogen) atoms. The highest BCUT2D eigenvalue weighted by atomic mass is 79.9. The molecule has 0 spiro atoms. The normalized spacial score (nSPS) is 12.0. The Balaban J connectivity index is 2.38. The second-order valence-corrected chi connectivity index (χ2v) is 4.74. The lowest BCUT2D eigenvalue weighted by molar-refractivity contribution is -0.137. The molecule has 2 rings (SSSR count). The number of hydrogen-bond acceptors (Lipinski definition) is 1. The lowest BCUT2D eigenvalue weighted by atomic mass is 10.1. The second-order valence-electron chi connectivity index (χ2n) is 3.83. The van der Waals surface area contributed by atoms with Gasteiger partial charge in [-0.25, -0.2) is 0 Å². The van der Waals surface area contributed by atoms with E-state index in [0.717, 1.165) is 11.6 Å². The first kappa shape index (κ1) is 13.8. The molecule has 1 nitrogen and oxygen atoms in total. The van der Waals surface area contributed by atoms with E-state index in [4.69, 9.17) is 0 Å². The molecule has 0 amide bonds. The fourth-order valence-corrected chi connectivity index (χ4v) is 1.89. The summed E-state index contributed by atoms with van der Waals surface area (Å²) in [6.45, 7) is 0. The summed E-state index contributed by atoms with van der Waals surface area (Å²) in [4.78, 5) is 3.92. The Morgan fingerprint density at radius 2 is 1.68 bits per heavy atom. The molecule has 0 bridgehead atoms. The van der Waals surface area contributed by atoms with Crippen molar-refractivity contribution in [2.24, 2.45) is 4.99 Å². The van der Waals surface area contributed by atoms with Crippen molar-refractivity contribution in [2.75, 3.05) is 0 Å². The van der Waals surface area contributed by atoms with Gasteiger partial charge in [-0.15, -0.1) is 0 Å². The number of aliphatic imine (C=N–C) groups is 1.